The zero-order valence-corrected chi connectivity index (χ0v) is 13.5. The van der Waals surface area contributed by atoms with Gasteiger partial charge in [0.1, 0.15) is 12.4 Å². The highest BCUT2D eigenvalue weighted by atomic mass is 16.5. The predicted octanol–water partition coefficient (Wildman–Crippen LogP) is 2.42. The lowest BCUT2D eigenvalue weighted by molar-refractivity contribution is 0.0564. The number of benzene rings is 1. The third-order valence-electron chi connectivity index (χ3n) is 4.13. The fourth-order valence-corrected chi connectivity index (χ4v) is 2.77. The SMILES string of the molecule is Cc1ccc(NC(=O)N2CCOCC2)c(OC[C@H]2CCCO2)c1. The molecule has 1 N–H and O–H groups in total. The van der Waals surface area contributed by atoms with Gasteiger partial charge in [-0.1, -0.05) is 6.07 Å². The molecule has 0 aromatic heterocycles. The maximum absolute atomic E-state index is 12.3. The number of carbonyl (C=O) groups is 1. The van der Waals surface area contributed by atoms with Gasteiger partial charge in [-0.3, -0.25) is 0 Å². The predicted molar refractivity (Wildman–Crippen MR) is 87.1 cm³/mol. The maximum atomic E-state index is 12.3. The summed E-state index contributed by atoms with van der Waals surface area (Å²) in [4.78, 5) is 14.1. The molecule has 2 saturated heterocycles. The van der Waals surface area contributed by atoms with Gasteiger partial charge in [0, 0.05) is 19.7 Å². The largest absolute Gasteiger partial charge is 0.489 e. The molecule has 2 heterocycles. The number of ether oxygens (including phenoxy) is 3. The Labute approximate surface area is 136 Å². The van der Waals surface area contributed by atoms with E-state index in [1.165, 1.54) is 0 Å². The van der Waals surface area contributed by atoms with Gasteiger partial charge in [0.05, 0.1) is 25.0 Å². The standard InChI is InChI=1S/C17H24N2O4/c1-13-4-5-15(18-17(20)19-6-9-21-10-7-19)16(11-13)23-12-14-3-2-8-22-14/h4-5,11,14H,2-3,6-10,12H2,1H3,(H,18,20)/t14-/m1/s1. The molecule has 0 aliphatic carbocycles. The minimum Gasteiger partial charge on any atom is -0.489 e. The number of nitrogens with one attached hydrogen (secondary N) is 1. The lowest BCUT2D eigenvalue weighted by Gasteiger charge is -2.27. The van der Waals surface area contributed by atoms with Crippen LogP contribution in [-0.4, -0.2) is 56.6 Å². The number of carbonyl (C=O) groups excluding carboxylic acids is 1. The first-order chi connectivity index (χ1) is 11.2. The van der Waals surface area contributed by atoms with Crippen LogP contribution in [0.1, 0.15) is 18.4 Å². The highest BCUT2D eigenvalue weighted by molar-refractivity contribution is 5.91. The summed E-state index contributed by atoms with van der Waals surface area (Å²) in [7, 11) is 0. The molecular formula is C17H24N2O4. The number of hydrogen-bond donors (Lipinski definition) is 1. The Hall–Kier alpha value is -1.79. The molecule has 2 amide bonds. The van der Waals surface area contributed by atoms with E-state index in [0.29, 0.717) is 44.3 Å². The molecule has 2 fully saturated rings. The van der Waals surface area contributed by atoms with Crippen LogP contribution in [-0.2, 0) is 9.47 Å². The average Bonchev–Trinajstić information content (AvgIpc) is 3.09. The number of hydrogen-bond acceptors (Lipinski definition) is 4. The molecule has 126 valence electrons. The molecular weight excluding hydrogens is 296 g/mol. The van der Waals surface area contributed by atoms with Gasteiger partial charge in [-0.25, -0.2) is 4.79 Å². The Morgan fingerprint density at radius 2 is 2.17 bits per heavy atom. The third kappa shape index (κ3) is 4.36. The van der Waals surface area contributed by atoms with E-state index in [9.17, 15) is 4.79 Å². The van der Waals surface area contributed by atoms with Crippen LogP contribution in [0, 0.1) is 6.92 Å². The van der Waals surface area contributed by atoms with E-state index in [-0.39, 0.29) is 12.1 Å². The van der Waals surface area contributed by atoms with Crippen molar-refractivity contribution in [2.75, 3.05) is 44.8 Å². The van der Waals surface area contributed by atoms with Gasteiger partial charge in [0.25, 0.3) is 0 Å². The Bertz CT molecular complexity index is 537. The van der Waals surface area contributed by atoms with Crippen molar-refractivity contribution in [3.05, 3.63) is 23.8 Å². The van der Waals surface area contributed by atoms with Crippen LogP contribution in [0.5, 0.6) is 5.75 Å². The van der Waals surface area contributed by atoms with Crippen LogP contribution >= 0.6 is 0 Å². The highest BCUT2D eigenvalue weighted by Crippen LogP contribution is 2.27. The Morgan fingerprint density at radius 3 is 2.91 bits per heavy atom. The summed E-state index contributed by atoms with van der Waals surface area (Å²) < 4.78 is 16.8. The number of amides is 2. The zero-order chi connectivity index (χ0) is 16.1. The van der Waals surface area contributed by atoms with Gasteiger partial charge in [-0.2, -0.15) is 0 Å². The highest BCUT2D eigenvalue weighted by Gasteiger charge is 2.20. The summed E-state index contributed by atoms with van der Waals surface area (Å²) in [6.45, 7) is 5.74. The van der Waals surface area contributed by atoms with Gasteiger partial charge in [0.2, 0.25) is 0 Å². The first-order valence-electron chi connectivity index (χ1n) is 8.21. The van der Waals surface area contributed by atoms with Crippen molar-refractivity contribution >= 4 is 11.7 Å². The van der Waals surface area contributed by atoms with Gasteiger partial charge >= 0.3 is 6.03 Å². The Balaban J connectivity index is 1.63. The third-order valence-corrected chi connectivity index (χ3v) is 4.13. The number of rotatable bonds is 4. The van der Waals surface area contributed by atoms with Gasteiger partial charge in [0.15, 0.2) is 0 Å². The van der Waals surface area contributed by atoms with Crippen molar-refractivity contribution < 1.29 is 19.0 Å². The Morgan fingerprint density at radius 1 is 1.35 bits per heavy atom. The molecule has 0 unspecified atom stereocenters. The normalized spacial score (nSPS) is 21.3. The molecule has 0 radical (unpaired) electrons. The number of aryl methyl sites for hydroxylation is 1. The van der Waals surface area contributed by atoms with Crippen molar-refractivity contribution in [1.82, 2.24) is 4.90 Å². The number of anilines is 1. The topological polar surface area (TPSA) is 60.0 Å². The van der Waals surface area contributed by atoms with Crippen LogP contribution < -0.4 is 10.1 Å². The second-order valence-electron chi connectivity index (χ2n) is 5.98. The lowest BCUT2D eigenvalue weighted by Crippen LogP contribution is -2.43. The molecule has 3 rings (SSSR count). The van der Waals surface area contributed by atoms with Gasteiger partial charge in [-0.15, -0.1) is 0 Å². The van der Waals surface area contributed by atoms with E-state index in [1.807, 2.05) is 25.1 Å². The van der Waals surface area contributed by atoms with Crippen molar-refractivity contribution in [2.45, 2.75) is 25.9 Å². The van der Waals surface area contributed by atoms with Crippen molar-refractivity contribution in [3.8, 4) is 5.75 Å². The van der Waals surface area contributed by atoms with Crippen LogP contribution in [0.25, 0.3) is 0 Å². The van der Waals surface area contributed by atoms with E-state index in [4.69, 9.17) is 14.2 Å². The first kappa shape index (κ1) is 16.1. The van der Waals surface area contributed by atoms with Gasteiger partial charge in [-0.05, 0) is 37.5 Å². The molecule has 2 aliphatic heterocycles. The molecule has 23 heavy (non-hydrogen) atoms. The summed E-state index contributed by atoms with van der Waals surface area (Å²) in [5, 5.41) is 2.95. The zero-order valence-electron chi connectivity index (χ0n) is 13.5. The van der Waals surface area contributed by atoms with Crippen LogP contribution in [0.2, 0.25) is 0 Å². The summed E-state index contributed by atoms with van der Waals surface area (Å²) in [6, 6.07) is 5.69. The molecule has 2 aliphatic rings. The lowest BCUT2D eigenvalue weighted by atomic mass is 10.2. The van der Waals surface area contributed by atoms with Crippen LogP contribution in [0.4, 0.5) is 10.5 Å². The summed E-state index contributed by atoms with van der Waals surface area (Å²) in [5.74, 6) is 0.696. The maximum Gasteiger partial charge on any atom is 0.322 e. The van der Waals surface area contributed by atoms with Crippen molar-refractivity contribution in [3.63, 3.8) is 0 Å². The molecule has 1 aromatic carbocycles. The molecule has 1 aromatic rings. The molecule has 0 spiro atoms. The number of urea groups is 1. The number of nitrogens with zero attached hydrogens (tertiary/aromatic N) is 1. The Kier molecular flexibility index (Phi) is 5.35. The first-order valence-corrected chi connectivity index (χ1v) is 8.21. The molecule has 1 atom stereocenters. The second kappa shape index (κ2) is 7.66. The molecule has 6 heteroatoms. The molecule has 6 nitrogen and oxygen atoms in total. The average molecular weight is 320 g/mol. The summed E-state index contributed by atoms with van der Waals surface area (Å²) in [6.07, 6.45) is 2.27. The monoisotopic (exact) mass is 320 g/mol. The molecule has 0 bridgehead atoms. The van der Waals surface area contributed by atoms with E-state index in [1.54, 1.807) is 4.90 Å². The van der Waals surface area contributed by atoms with Crippen molar-refractivity contribution in [2.24, 2.45) is 0 Å². The van der Waals surface area contributed by atoms with Crippen molar-refractivity contribution in [1.29, 1.82) is 0 Å². The minimum absolute atomic E-state index is 0.112. The van der Waals surface area contributed by atoms with E-state index in [2.05, 4.69) is 5.32 Å². The molecule has 0 saturated carbocycles. The summed E-state index contributed by atoms with van der Waals surface area (Å²) in [5.41, 5.74) is 1.79. The minimum atomic E-state index is -0.112. The summed E-state index contributed by atoms with van der Waals surface area (Å²) >= 11 is 0. The number of morpholine rings is 1. The van der Waals surface area contributed by atoms with E-state index in [0.717, 1.165) is 25.0 Å². The van der Waals surface area contributed by atoms with Crippen LogP contribution in [0.3, 0.4) is 0 Å². The van der Waals surface area contributed by atoms with E-state index >= 15 is 0 Å². The second-order valence-corrected chi connectivity index (χ2v) is 5.98. The quantitative estimate of drug-likeness (QED) is 0.925. The van der Waals surface area contributed by atoms with Crippen LogP contribution in [0.15, 0.2) is 18.2 Å². The fraction of sp³-hybridized carbons (Fsp3) is 0.588. The fourth-order valence-electron chi connectivity index (χ4n) is 2.77. The van der Waals surface area contributed by atoms with Gasteiger partial charge < -0.3 is 24.4 Å². The van der Waals surface area contributed by atoms with E-state index < -0.39 is 0 Å². The smallest absolute Gasteiger partial charge is 0.322 e.